The topological polar surface area (TPSA) is 95.9 Å². The summed E-state index contributed by atoms with van der Waals surface area (Å²) in [5, 5.41) is 11.1. The number of hydrogen-bond acceptors (Lipinski definition) is 4. The summed E-state index contributed by atoms with van der Waals surface area (Å²) in [7, 11) is 0. The lowest BCUT2D eigenvalue weighted by molar-refractivity contribution is -0.157. The molecular weight excluding hydrogens is 321 g/mol. The van der Waals surface area contributed by atoms with E-state index in [4.69, 9.17) is 9.84 Å². The molecule has 0 aliphatic carbocycles. The van der Waals surface area contributed by atoms with Crippen LogP contribution in [0.3, 0.4) is 0 Å². The standard InChI is InChI=1S/C13H17F3N2O5/c1-2-3-23-6-9(12(21)22)17-11(20)8-4-10(19)18(5-8)7-13(14,15)16/h2,8-9H,1,3-7H2,(H,17,20)(H,21,22). The number of amides is 2. The maximum absolute atomic E-state index is 12.3. The minimum Gasteiger partial charge on any atom is -0.480 e. The molecule has 0 aromatic carbocycles. The van der Waals surface area contributed by atoms with Gasteiger partial charge in [-0.1, -0.05) is 6.08 Å². The number of halogens is 3. The minimum absolute atomic E-state index is 0.0843. The van der Waals surface area contributed by atoms with Crippen LogP contribution in [0.4, 0.5) is 13.2 Å². The van der Waals surface area contributed by atoms with Gasteiger partial charge in [0.2, 0.25) is 11.8 Å². The van der Waals surface area contributed by atoms with Gasteiger partial charge < -0.3 is 20.1 Å². The molecule has 1 saturated heterocycles. The van der Waals surface area contributed by atoms with Crippen LogP contribution >= 0.6 is 0 Å². The van der Waals surface area contributed by atoms with Crippen LogP contribution in [0.2, 0.25) is 0 Å². The van der Waals surface area contributed by atoms with Crippen molar-refractivity contribution in [3.8, 4) is 0 Å². The first-order valence-electron chi connectivity index (χ1n) is 6.70. The van der Waals surface area contributed by atoms with Gasteiger partial charge in [-0.15, -0.1) is 6.58 Å². The number of likely N-dealkylation sites (tertiary alicyclic amines) is 1. The number of alkyl halides is 3. The third-order valence-electron chi connectivity index (χ3n) is 3.09. The second-order valence-electron chi connectivity index (χ2n) is 5.02. The summed E-state index contributed by atoms with van der Waals surface area (Å²) < 4.78 is 41.8. The van der Waals surface area contributed by atoms with Crippen molar-refractivity contribution in [2.75, 3.05) is 26.3 Å². The fraction of sp³-hybridized carbons (Fsp3) is 0.615. The predicted molar refractivity (Wildman–Crippen MR) is 71.3 cm³/mol. The molecule has 2 amide bonds. The Labute approximate surface area is 130 Å². The normalized spacial score (nSPS) is 19.5. The summed E-state index contributed by atoms with van der Waals surface area (Å²) in [4.78, 5) is 35.0. The van der Waals surface area contributed by atoms with Crippen molar-refractivity contribution >= 4 is 17.8 Å². The Balaban J connectivity index is 2.58. The summed E-state index contributed by atoms with van der Waals surface area (Å²) >= 11 is 0. The zero-order chi connectivity index (χ0) is 17.6. The lowest BCUT2D eigenvalue weighted by Crippen LogP contribution is -2.47. The summed E-state index contributed by atoms with van der Waals surface area (Å²) in [5.74, 6) is -3.96. The number of rotatable bonds is 8. The molecule has 2 atom stereocenters. The van der Waals surface area contributed by atoms with Crippen molar-refractivity contribution < 1.29 is 37.4 Å². The quantitative estimate of drug-likeness (QED) is 0.486. The molecule has 2 N–H and O–H groups in total. The maximum atomic E-state index is 12.3. The van der Waals surface area contributed by atoms with Gasteiger partial charge in [-0.05, 0) is 0 Å². The van der Waals surface area contributed by atoms with Crippen LogP contribution in [0, 0.1) is 5.92 Å². The summed E-state index contributed by atoms with van der Waals surface area (Å²) in [6.45, 7) is 1.31. The highest BCUT2D eigenvalue weighted by molar-refractivity contribution is 5.91. The molecular formula is C13H17F3N2O5. The first kappa shape index (κ1) is 18.9. The average Bonchev–Trinajstić information content (AvgIpc) is 2.77. The third-order valence-corrected chi connectivity index (χ3v) is 3.09. The van der Waals surface area contributed by atoms with E-state index in [0.717, 1.165) is 0 Å². The summed E-state index contributed by atoms with van der Waals surface area (Å²) in [5.41, 5.74) is 0. The van der Waals surface area contributed by atoms with Crippen molar-refractivity contribution in [1.82, 2.24) is 10.2 Å². The fourth-order valence-corrected chi connectivity index (χ4v) is 2.05. The Bertz CT molecular complexity index is 481. The van der Waals surface area contributed by atoms with Gasteiger partial charge in [0.15, 0.2) is 6.04 Å². The number of carbonyl (C=O) groups excluding carboxylic acids is 2. The molecule has 1 heterocycles. The van der Waals surface area contributed by atoms with E-state index in [-0.39, 0.29) is 19.6 Å². The number of hydrogen-bond donors (Lipinski definition) is 2. The predicted octanol–water partition coefficient (Wildman–Crippen LogP) is 0.169. The molecule has 10 heteroatoms. The van der Waals surface area contributed by atoms with Gasteiger partial charge in [-0.3, -0.25) is 9.59 Å². The Morgan fingerprint density at radius 1 is 1.52 bits per heavy atom. The molecule has 130 valence electrons. The molecule has 0 spiro atoms. The fourth-order valence-electron chi connectivity index (χ4n) is 2.05. The second-order valence-corrected chi connectivity index (χ2v) is 5.02. The summed E-state index contributed by atoms with van der Waals surface area (Å²) in [6.07, 6.45) is -3.55. The molecule has 1 aliphatic heterocycles. The van der Waals surface area contributed by atoms with E-state index in [0.29, 0.717) is 4.90 Å². The third kappa shape index (κ3) is 6.27. The van der Waals surface area contributed by atoms with E-state index >= 15 is 0 Å². The Hall–Kier alpha value is -2.10. The molecule has 1 rings (SSSR count). The molecule has 0 aromatic rings. The number of carboxylic acid groups (broad SMARTS) is 1. The molecule has 23 heavy (non-hydrogen) atoms. The van der Waals surface area contributed by atoms with E-state index in [9.17, 15) is 27.6 Å². The first-order chi connectivity index (χ1) is 10.6. The molecule has 0 saturated carbocycles. The van der Waals surface area contributed by atoms with E-state index in [1.807, 2.05) is 0 Å². The molecule has 0 radical (unpaired) electrons. The Morgan fingerprint density at radius 2 is 2.17 bits per heavy atom. The van der Waals surface area contributed by atoms with Gasteiger partial charge in [0.1, 0.15) is 6.54 Å². The molecule has 1 aliphatic rings. The van der Waals surface area contributed by atoms with Crippen LogP contribution in [0.15, 0.2) is 12.7 Å². The van der Waals surface area contributed by atoms with Crippen LogP contribution in [0.25, 0.3) is 0 Å². The van der Waals surface area contributed by atoms with Crippen molar-refractivity contribution in [2.45, 2.75) is 18.6 Å². The first-order valence-corrected chi connectivity index (χ1v) is 6.70. The number of carboxylic acids is 1. The molecule has 1 fully saturated rings. The van der Waals surface area contributed by atoms with Crippen LogP contribution in [0.1, 0.15) is 6.42 Å². The number of carbonyl (C=O) groups is 3. The van der Waals surface area contributed by atoms with Crippen molar-refractivity contribution in [3.63, 3.8) is 0 Å². The average molecular weight is 338 g/mol. The van der Waals surface area contributed by atoms with Crippen molar-refractivity contribution in [2.24, 2.45) is 5.92 Å². The lowest BCUT2D eigenvalue weighted by atomic mass is 10.1. The Kier molecular flexibility index (Phi) is 6.55. The number of nitrogens with one attached hydrogen (secondary N) is 1. The van der Waals surface area contributed by atoms with Crippen LogP contribution in [-0.4, -0.2) is 66.3 Å². The van der Waals surface area contributed by atoms with E-state index in [2.05, 4.69) is 11.9 Å². The maximum Gasteiger partial charge on any atom is 0.406 e. The molecule has 7 nitrogen and oxygen atoms in total. The highest BCUT2D eigenvalue weighted by atomic mass is 19.4. The molecule has 2 unspecified atom stereocenters. The van der Waals surface area contributed by atoms with Crippen LogP contribution < -0.4 is 5.32 Å². The number of ether oxygens (including phenoxy) is 1. The van der Waals surface area contributed by atoms with Crippen molar-refractivity contribution in [3.05, 3.63) is 12.7 Å². The zero-order valence-electron chi connectivity index (χ0n) is 12.1. The van der Waals surface area contributed by atoms with Gasteiger partial charge in [0.05, 0.1) is 19.1 Å². The van der Waals surface area contributed by atoms with E-state index in [1.54, 1.807) is 0 Å². The van der Waals surface area contributed by atoms with E-state index in [1.165, 1.54) is 6.08 Å². The van der Waals surface area contributed by atoms with E-state index < -0.39 is 49.0 Å². The minimum atomic E-state index is -4.55. The highest BCUT2D eigenvalue weighted by Crippen LogP contribution is 2.24. The van der Waals surface area contributed by atoms with Gasteiger partial charge in [-0.2, -0.15) is 13.2 Å². The molecule has 0 aromatic heterocycles. The van der Waals surface area contributed by atoms with Gasteiger partial charge in [0, 0.05) is 13.0 Å². The number of nitrogens with zero attached hydrogens (tertiary/aromatic N) is 1. The SMILES string of the molecule is C=CCOCC(NC(=O)C1CC(=O)N(CC(F)(F)F)C1)C(=O)O. The lowest BCUT2D eigenvalue weighted by Gasteiger charge is -2.19. The smallest absolute Gasteiger partial charge is 0.406 e. The summed E-state index contributed by atoms with van der Waals surface area (Å²) in [6, 6.07) is -1.35. The highest BCUT2D eigenvalue weighted by Gasteiger charge is 2.41. The molecule has 0 bridgehead atoms. The van der Waals surface area contributed by atoms with Gasteiger partial charge in [0.25, 0.3) is 0 Å². The van der Waals surface area contributed by atoms with Crippen LogP contribution in [-0.2, 0) is 19.1 Å². The van der Waals surface area contributed by atoms with Gasteiger partial charge >= 0.3 is 12.1 Å². The Morgan fingerprint density at radius 3 is 2.70 bits per heavy atom. The van der Waals surface area contributed by atoms with Crippen LogP contribution in [0.5, 0.6) is 0 Å². The largest absolute Gasteiger partial charge is 0.480 e. The second kappa shape index (κ2) is 7.95. The van der Waals surface area contributed by atoms with Crippen molar-refractivity contribution in [1.29, 1.82) is 0 Å². The number of aliphatic carboxylic acids is 1. The monoisotopic (exact) mass is 338 g/mol. The zero-order valence-corrected chi connectivity index (χ0v) is 12.1. The van der Waals surface area contributed by atoms with Gasteiger partial charge in [-0.25, -0.2) is 4.79 Å².